The molecule has 0 aliphatic heterocycles. The van der Waals surface area contributed by atoms with E-state index in [0.29, 0.717) is 0 Å². The fourth-order valence-electron chi connectivity index (χ4n) is 1.82. The molecule has 0 saturated heterocycles. The summed E-state index contributed by atoms with van der Waals surface area (Å²) in [4.78, 5) is 11.6. The van der Waals surface area contributed by atoms with Crippen LogP contribution in [0, 0.1) is 0 Å². The molecule has 3 N–H and O–H groups in total. The lowest BCUT2D eigenvalue weighted by Gasteiger charge is -2.13. The second kappa shape index (κ2) is 3.55. The third-order valence-electron chi connectivity index (χ3n) is 2.96. The topological polar surface area (TPSA) is 64.3 Å². The van der Waals surface area contributed by atoms with Gasteiger partial charge in [0.1, 0.15) is 5.75 Å². The lowest BCUT2D eigenvalue weighted by atomic mass is 9.95. The van der Waals surface area contributed by atoms with E-state index in [-0.39, 0.29) is 11.3 Å². The first-order valence-corrected chi connectivity index (χ1v) is 4.88. The smallest absolute Gasteiger partial charge is 0.244 e. The molecule has 0 atom stereocenters. The van der Waals surface area contributed by atoms with Gasteiger partial charge in [0.2, 0.25) is 5.91 Å². The van der Waals surface area contributed by atoms with Crippen LogP contribution in [0.1, 0.15) is 18.4 Å². The van der Waals surface area contributed by atoms with Crippen molar-refractivity contribution in [2.75, 3.05) is 7.11 Å². The van der Waals surface area contributed by atoms with Crippen molar-refractivity contribution in [2.45, 2.75) is 18.3 Å². The Bertz CT molecular complexity index is 369. The summed E-state index contributed by atoms with van der Waals surface area (Å²) in [7, 11) is 1.62. The van der Waals surface area contributed by atoms with Crippen LogP contribution in [0.2, 0.25) is 0 Å². The number of benzene rings is 1. The molecular formula is C11H14N2O2. The van der Waals surface area contributed by atoms with Gasteiger partial charge in [0.15, 0.2) is 0 Å². The van der Waals surface area contributed by atoms with Crippen molar-refractivity contribution in [3.63, 3.8) is 0 Å². The maximum Gasteiger partial charge on any atom is 0.244 e. The van der Waals surface area contributed by atoms with Gasteiger partial charge in [-0.3, -0.25) is 10.2 Å². The molecule has 2 rings (SSSR count). The third-order valence-corrected chi connectivity index (χ3v) is 2.96. The van der Waals surface area contributed by atoms with Crippen molar-refractivity contribution in [1.82, 2.24) is 5.43 Å². The molecule has 0 aromatic heterocycles. The highest BCUT2D eigenvalue weighted by atomic mass is 16.5. The Morgan fingerprint density at radius 3 is 2.40 bits per heavy atom. The molecule has 4 nitrogen and oxygen atoms in total. The average molecular weight is 206 g/mol. The van der Waals surface area contributed by atoms with E-state index in [0.717, 1.165) is 24.2 Å². The normalized spacial score (nSPS) is 16.9. The van der Waals surface area contributed by atoms with Crippen molar-refractivity contribution in [3.8, 4) is 5.75 Å². The van der Waals surface area contributed by atoms with Gasteiger partial charge < -0.3 is 4.74 Å². The van der Waals surface area contributed by atoms with Crippen molar-refractivity contribution < 1.29 is 9.53 Å². The standard InChI is InChI=1S/C11H14N2O2/c1-15-9-4-2-8(3-5-9)11(6-7-11)10(14)13-12/h2-5H,6-7,12H2,1H3,(H,13,14). The molecule has 0 radical (unpaired) electrons. The van der Waals surface area contributed by atoms with Crippen molar-refractivity contribution >= 4 is 5.91 Å². The predicted molar refractivity (Wildman–Crippen MR) is 56.2 cm³/mol. The molecule has 1 aliphatic carbocycles. The largest absolute Gasteiger partial charge is 0.497 e. The van der Waals surface area contributed by atoms with E-state index in [1.807, 2.05) is 24.3 Å². The second-order valence-corrected chi connectivity index (χ2v) is 3.78. The highest BCUT2D eigenvalue weighted by Crippen LogP contribution is 2.48. The Morgan fingerprint density at radius 2 is 2.00 bits per heavy atom. The molecule has 0 bridgehead atoms. The first-order valence-electron chi connectivity index (χ1n) is 4.88. The minimum atomic E-state index is -0.388. The van der Waals surface area contributed by atoms with E-state index in [4.69, 9.17) is 10.6 Å². The Labute approximate surface area is 88.4 Å². The fraction of sp³-hybridized carbons (Fsp3) is 0.364. The Hall–Kier alpha value is -1.55. The maximum atomic E-state index is 11.6. The van der Waals surface area contributed by atoms with Crippen LogP contribution in [0.25, 0.3) is 0 Å². The third kappa shape index (κ3) is 1.57. The number of nitrogens with one attached hydrogen (secondary N) is 1. The predicted octanol–water partition coefficient (Wildman–Crippen LogP) is 0.717. The molecule has 4 heteroatoms. The van der Waals surface area contributed by atoms with Crippen LogP contribution < -0.4 is 16.0 Å². The number of ether oxygens (including phenoxy) is 1. The van der Waals surface area contributed by atoms with Gasteiger partial charge in [-0.25, -0.2) is 5.84 Å². The monoisotopic (exact) mass is 206 g/mol. The summed E-state index contributed by atoms with van der Waals surface area (Å²) in [5.41, 5.74) is 2.84. The number of amides is 1. The lowest BCUT2D eigenvalue weighted by molar-refractivity contribution is -0.123. The second-order valence-electron chi connectivity index (χ2n) is 3.78. The van der Waals surface area contributed by atoms with Gasteiger partial charge in [0.25, 0.3) is 0 Å². The van der Waals surface area contributed by atoms with E-state index < -0.39 is 0 Å². The van der Waals surface area contributed by atoms with Gasteiger partial charge >= 0.3 is 0 Å². The molecule has 1 aromatic carbocycles. The van der Waals surface area contributed by atoms with E-state index in [1.54, 1.807) is 7.11 Å². The van der Waals surface area contributed by atoms with E-state index in [9.17, 15) is 4.79 Å². The molecule has 1 fully saturated rings. The first kappa shape index (κ1) is 9.98. The van der Waals surface area contributed by atoms with Crippen molar-refractivity contribution in [1.29, 1.82) is 0 Å². The Balaban J connectivity index is 2.26. The zero-order valence-corrected chi connectivity index (χ0v) is 8.62. The van der Waals surface area contributed by atoms with Gasteiger partial charge in [-0.15, -0.1) is 0 Å². The summed E-state index contributed by atoms with van der Waals surface area (Å²) in [6, 6.07) is 7.56. The zero-order chi connectivity index (χ0) is 10.9. The number of methoxy groups -OCH3 is 1. The summed E-state index contributed by atoms with van der Waals surface area (Å²) in [6.45, 7) is 0. The zero-order valence-electron chi connectivity index (χ0n) is 8.62. The van der Waals surface area contributed by atoms with Crippen LogP contribution >= 0.6 is 0 Å². The number of hydrazine groups is 1. The average Bonchev–Trinajstić information content (AvgIpc) is 3.09. The molecule has 15 heavy (non-hydrogen) atoms. The Morgan fingerprint density at radius 1 is 1.40 bits per heavy atom. The molecule has 0 unspecified atom stereocenters. The molecule has 1 aromatic rings. The van der Waals surface area contributed by atoms with Crippen LogP contribution in [0.3, 0.4) is 0 Å². The molecular weight excluding hydrogens is 192 g/mol. The highest BCUT2D eigenvalue weighted by Gasteiger charge is 2.50. The van der Waals surface area contributed by atoms with Gasteiger partial charge in [0, 0.05) is 0 Å². The maximum absolute atomic E-state index is 11.6. The molecule has 1 amide bonds. The number of rotatable bonds is 3. The molecule has 0 heterocycles. The number of carbonyl (C=O) groups is 1. The lowest BCUT2D eigenvalue weighted by Crippen LogP contribution is -2.39. The molecule has 0 spiro atoms. The van der Waals surface area contributed by atoms with Crippen LogP contribution in [-0.4, -0.2) is 13.0 Å². The SMILES string of the molecule is COc1ccc(C2(C(=O)NN)CC2)cc1. The summed E-state index contributed by atoms with van der Waals surface area (Å²) in [5.74, 6) is 5.86. The first-order chi connectivity index (χ1) is 7.23. The fourth-order valence-corrected chi connectivity index (χ4v) is 1.82. The molecule has 1 saturated carbocycles. The number of hydrogen-bond acceptors (Lipinski definition) is 3. The van der Waals surface area contributed by atoms with Crippen LogP contribution in [0.4, 0.5) is 0 Å². The molecule has 80 valence electrons. The van der Waals surface area contributed by atoms with Crippen molar-refractivity contribution in [3.05, 3.63) is 29.8 Å². The minimum absolute atomic E-state index is 0.104. The van der Waals surface area contributed by atoms with E-state index in [1.165, 1.54) is 0 Å². The van der Waals surface area contributed by atoms with Crippen LogP contribution in [0.15, 0.2) is 24.3 Å². The highest BCUT2D eigenvalue weighted by molar-refractivity contribution is 5.90. The summed E-state index contributed by atoms with van der Waals surface area (Å²) in [5, 5.41) is 0. The number of carbonyl (C=O) groups excluding carboxylic acids is 1. The number of nitrogens with two attached hydrogens (primary N) is 1. The van der Waals surface area contributed by atoms with Gasteiger partial charge in [-0.1, -0.05) is 12.1 Å². The van der Waals surface area contributed by atoms with E-state index >= 15 is 0 Å². The van der Waals surface area contributed by atoms with Crippen LogP contribution in [0.5, 0.6) is 5.75 Å². The molecule has 1 aliphatic rings. The van der Waals surface area contributed by atoms with Crippen LogP contribution in [-0.2, 0) is 10.2 Å². The summed E-state index contributed by atoms with van der Waals surface area (Å²) in [6.07, 6.45) is 1.73. The summed E-state index contributed by atoms with van der Waals surface area (Å²) < 4.78 is 5.06. The minimum Gasteiger partial charge on any atom is -0.497 e. The van der Waals surface area contributed by atoms with Crippen molar-refractivity contribution in [2.24, 2.45) is 5.84 Å². The number of hydrogen-bond donors (Lipinski definition) is 2. The van der Waals surface area contributed by atoms with Gasteiger partial charge in [-0.2, -0.15) is 0 Å². The van der Waals surface area contributed by atoms with Gasteiger partial charge in [-0.05, 0) is 30.5 Å². The Kier molecular flexibility index (Phi) is 2.36. The van der Waals surface area contributed by atoms with Gasteiger partial charge in [0.05, 0.1) is 12.5 Å². The quantitative estimate of drug-likeness (QED) is 0.435. The van der Waals surface area contributed by atoms with E-state index in [2.05, 4.69) is 5.43 Å². The summed E-state index contributed by atoms with van der Waals surface area (Å²) >= 11 is 0.